The quantitative estimate of drug-likeness (QED) is 0.744. The van der Waals surface area contributed by atoms with Gasteiger partial charge in [0.25, 0.3) is 5.91 Å². The summed E-state index contributed by atoms with van der Waals surface area (Å²) < 4.78 is 10.4. The van der Waals surface area contributed by atoms with Crippen molar-refractivity contribution in [2.75, 3.05) is 11.9 Å². The third-order valence-electron chi connectivity index (χ3n) is 3.00. The first-order valence-electron chi connectivity index (χ1n) is 6.60. The molecule has 0 radical (unpaired) electrons. The Hall–Kier alpha value is -3.11. The van der Waals surface area contributed by atoms with E-state index in [1.807, 2.05) is 6.07 Å². The van der Waals surface area contributed by atoms with Crippen molar-refractivity contribution >= 4 is 33.2 Å². The maximum atomic E-state index is 11.9. The van der Waals surface area contributed by atoms with Crippen molar-refractivity contribution < 1.29 is 13.9 Å². The first kappa shape index (κ1) is 14.8. The molecule has 0 aliphatic carbocycles. The first-order chi connectivity index (χ1) is 11.2. The Balaban J connectivity index is 1.67. The van der Waals surface area contributed by atoms with E-state index in [2.05, 4.69) is 5.32 Å². The minimum atomic E-state index is -0.450. The Kier molecular flexibility index (Phi) is 4.08. The molecule has 23 heavy (non-hydrogen) atoms. The smallest absolute Gasteiger partial charge is 0.336 e. The number of nitriles is 1. The van der Waals surface area contributed by atoms with E-state index in [-0.39, 0.29) is 12.5 Å². The fourth-order valence-electron chi connectivity index (χ4n) is 1.94. The Labute approximate surface area is 134 Å². The van der Waals surface area contributed by atoms with Crippen LogP contribution in [0.1, 0.15) is 5.56 Å². The van der Waals surface area contributed by atoms with Gasteiger partial charge in [-0.25, -0.2) is 4.79 Å². The van der Waals surface area contributed by atoms with Crippen molar-refractivity contribution in [2.24, 2.45) is 0 Å². The van der Waals surface area contributed by atoms with E-state index < -0.39 is 5.63 Å². The molecule has 0 unspecified atom stereocenters. The van der Waals surface area contributed by atoms with Crippen LogP contribution in [0.25, 0.3) is 11.0 Å². The van der Waals surface area contributed by atoms with Gasteiger partial charge in [0, 0.05) is 17.5 Å². The van der Waals surface area contributed by atoms with Crippen molar-refractivity contribution in [3.05, 3.63) is 57.8 Å². The number of anilines is 1. The van der Waals surface area contributed by atoms with Crippen molar-refractivity contribution in [2.45, 2.75) is 0 Å². The second-order valence-electron chi connectivity index (χ2n) is 4.57. The predicted octanol–water partition coefficient (Wildman–Crippen LogP) is 2.74. The van der Waals surface area contributed by atoms with Crippen LogP contribution in [-0.2, 0) is 4.79 Å². The standard InChI is InChI=1S/C16H10N2O4S/c17-8-11-5-6-23-16(11)18-14(19)9-21-12-3-1-10-2-4-15(20)22-13(10)7-12/h1-7H,9H2,(H,18,19). The highest BCUT2D eigenvalue weighted by molar-refractivity contribution is 7.14. The molecule has 0 bridgehead atoms. The molecule has 0 aliphatic rings. The molecule has 3 aromatic rings. The number of amides is 1. The van der Waals surface area contributed by atoms with E-state index in [1.165, 1.54) is 17.4 Å². The molecule has 6 nitrogen and oxygen atoms in total. The van der Waals surface area contributed by atoms with Gasteiger partial charge in [-0.15, -0.1) is 11.3 Å². The van der Waals surface area contributed by atoms with Crippen LogP contribution in [0.2, 0.25) is 0 Å². The van der Waals surface area contributed by atoms with Crippen LogP contribution in [0.5, 0.6) is 5.75 Å². The Morgan fingerprint density at radius 1 is 1.30 bits per heavy atom. The van der Waals surface area contributed by atoms with Crippen molar-refractivity contribution in [3.8, 4) is 11.8 Å². The number of thiophene rings is 1. The number of benzene rings is 1. The minimum Gasteiger partial charge on any atom is -0.484 e. The van der Waals surface area contributed by atoms with Crippen molar-refractivity contribution in [3.63, 3.8) is 0 Å². The summed E-state index contributed by atoms with van der Waals surface area (Å²) in [5, 5.41) is 14.5. The lowest BCUT2D eigenvalue weighted by Crippen LogP contribution is -2.20. The van der Waals surface area contributed by atoms with E-state index in [0.717, 1.165) is 5.39 Å². The number of nitrogens with zero attached hydrogens (tertiary/aromatic N) is 1. The number of ether oxygens (including phenoxy) is 1. The highest BCUT2D eigenvalue weighted by Gasteiger charge is 2.09. The summed E-state index contributed by atoms with van der Waals surface area (Å²) in [6.45, 7) is -0.217. The minimum absolute atomic E-state index is 0.217. The van der Waals surface area contributed by atoms with E-state index in [1.54, 1.807) is 35.7 Å². The number of fused-ring (bicyclic) bond motifs is 1. The summed E-state index contributed by atoms with van der Waals surface area (Å²) in [5.41, 5.74) is 0.352. The molecule has 0 saturated heterocycles. The normalized spacial score (nSPS) is 10.2. The molecule has 3 rings (SSSR count). The number of carbonyl (C=O) groups is 1. The summed E-state index contributed by atoms with van der Waals surface area (Å²) >= 11 is 1.27. The molecular formula is C16H10N2O4S. The lowest BCUT2D eigenvalue weighted by molar-refractivity contribution is -0.118. The second kappa shape index (κ2) is 6.34. The summed E-state index contributed by atoms with van der Waals surface area (Å²) in [6, 6.07) is 11.6. The summed E-state index contributed by atoms with van der Waals surface area (Å²) in [4.78, 5) is 23.1. The van der Waals surface area contributed by atoms with Gasteiger partial charge in [-0.3, -0.25) is 4.79 Å². The fourth-order valence-corrected chi connectivity index (χ4v) is 2.69. The molecule has 1 N–H and O–H groups in total. The molecule has 2 aromatic heterocycles. The average molecular weight is 326 g/mol. The number of hydrogen-bond donors (Lipinski definition) is 1. The predicted molar refractivity (Wildman–Crippen MR) is 85.6 cm³/mol. The van der Waals surface area contributed by atoms with Crippen molar-refractivity contribution in [1.82, 2.24) is 0 Å². The van der Waals surface area contributed by atoms with E-state index in [4.69, 9.17) is 14.4 Å². The number of rotatable bonds is 4. The zero-order chi connectivity index (χ0) is 16.2. The van der Waals surface area contributed by atoms with Crippen LogP contribution in [0.15, 0.2) is 51.0 Å². The molecular weight excluding hydrogens is 316 g/mol. The third kappa shape index (κ3) is 3.39. The summed E-state index contributed by atoms with van der Waals surface area (Å²) in [7, 11) is 0. The van der Waals surface area contributed by atoms with Crippen LogP contribution < -0.4 is 15.7 Å². The monoisotopic (exact) mass is 326 g/mol. The van der Waals surface area contributed by atoms with Gasteiger partial charge in [-0.05, 0) is 29.6 Å². The number of nitrogens with one attached hydrogen (secondary N) is 1. The molecule has 0 spiro atoms. The van der Waals surface area contributed by atoms with Crippen LogP contribution in [0.3, 0.4) is 0 Å². The van der Waals surface area contributed by atoms with Gasteiger partial charge in [0.1, 0.15) is 22.4 Å². The van der Waals surface area contributed by atoms with E-state index >= 15 is 0 Å². The van der Waals surface area contributed by atoms with E-state index in [0.29, 0.717) is 21.9 Å². The molecule has 1 aromatic carbocycles. The highest BCUT2D eigenvalue weighted by atomic mass is 32.1. The maximum absolute atomic E-state index is 11.9. The largest absolute Gasteiger partial charge is 0.484 e. The van der Waals surface area contributed by atoms with Crippen LogP contribution >= 0.6 is 11.3 Å². The van der Waals surface area contributed by atoms with Gasteiger partial charge >= 0.3 is 5.63 Å². The molecule has 0 saturated carbocycles. The molecule has 7 heteroatoms. The van der Waals surface area contributed by atoms with Gasteiger partial charge in [-0.1, -0.05) is 0 Å². The van der Waals surface area contributed by atoms with Gasteiger partial charge in [0.15, 0.2) is 6.61 Å². The molecule has 1 amide bonds. The molecule has 0 aliphatic heterocycles. The lowest BCUT2D eigenvalue weighted by Gasteiger charge is -2.07. The number of hydrogen-bond acceptors (Lipinski definition) is 6. The first-order valence-corrected chi connectivity index (χ1v) is 7.48. The second-order valence-corrected chi connectivity index (χ2v) is 5.48. The van der Waals surface area contributed by atoms with E-state index in [9.17, 15) is 9.59 Å². The maximum Gasteiger partial charge on any atom is 0.336 e. The zero-order valence-electron chi connectivity index (χ0n) is 11.7. The molecule has 2 heterocycles. The molecule has 0 atom stereocenters. The Morgan fingerprint density at radius 3 is 2.96 bits per heavy atom. The van der Waals surface area contributed by atoms with Crippen LogP contribution in [-0.4, -0.2) is 12.5 Å². The topological polar surface area (TPSA) is 92.3 Å². The van der Waals surface area contributed by atoms with Gasteiger partial charge < -0.3 is 14.5 Å². The van der Waals surface area contributed by atoms with Crippen LogP contribution in [0.4, 0.5) is 5.00 Å². The van der Waals surface area contributed by atoms with Crippen LogP contribution in [0, 0.1) is 11.3 Å². The molecule has 0 fully saturated rings. The third-order valence-corrected chi connectivity index (χ3v) is 3.83. The summed E-state index contributed by atoms with van der Waals surface area (Å²) in [6.07, 6.45) is 0. The highest BCUT2D eigenvalue weighted by Crippen LogP contribution is 2.22. The SMILES string of the molecule is N#Cc1ccsc1NC(=O)COc1ccc2ccc(=O)oc2c1. The van der Waals surface area contributed by atoms with Gasteiger partial charge in [0.2, 0.25) is 0 Å². The fraction of sp³-hybridized carbons (Fsp3) is 0.0625. The average Bonchev–Trinajstić information content (AvgIpc) is 2.99. The van der Waals surface area contributed by atoms with Gasteiger partial charge in [-0.2, -0.15) is 5.26 Å². The lowest BCUT2D eigenvalue weighted by atomic mass is 10.2. The zero-order valence-corrected chi connectivity index (χ0v) is 12.6. The Bertz CT molecular complexity index is 968. The van der Waals surface area contributed by atoms with Gasteiger partial charge in [0.05, 0.1) is 5.56 Å². The van der Waals surface area contributed by atoms with Crippen molar-refractivity contribution in [1.29, 1.82) is 5.26 Å². The number of carbonyl (C=O) groups excluding carboxylic acids is 1. The molecule has 114 valence electrons. The summed E-state index contributed by atoms with van der Waals surface area (Å²) in [5.74, 6) is 0.0345. The Morgan fingerprint density at radius 2 is 2.13 bits per heavy atom.